The highest BCUT2D eigenvalue weighted by Gasteiger charge is 2.52. The van der Waals surface area contributed by atoms with E-state index in [1.807, 2.05) is 0 Å². The lowest BCUT2D eigenvalue weighted by Gasteiger charge is -2.59. The molecule has 0 nitrogen and oxygen atoms in total. The summed E-state index contributed by atoms with van der Waals surface area (Å²) < 4.78 is 0. The minimum atomic E-state index is 0.702. The van der Waals surface area contributed by atoms with Crippen LogP contribution in [0.25, 0.3) is 0 Å². The molecule has 0 saturated heterocycles. The predicted octanol–water partition coefficient (Wildman–Crippen LogP) is 10.3. The van der Waals surface area contributed by atoms with Gasteiger partial charge in [-0.05, 0) is 185 Å². The van der Waals surface area contributed by atoms with E-state index in [4.69, 9.17) is 0 Å². The van der Waals surface area contributed by atoms with E-state index in [0.717, 1.165) is 70.0 Å². The van der Waals surface area contributed by atoms with Crippen LogP contribution in [0.2, 0.25) is 0 Å². The van der Waals surface area contributed by atoms with Crippen molar-refractivity contribution in [3.63, 3.8) is 0 Å². The molecule has 12 bridgehead atoms. The van der Waals surface area contributed by atoms with Crippen molar-refractivity contribution in [1.82, 2.24) is 0 Å². The van der Waals surface area contributed by atoms with Crippen molar-refractivity contribution >= 4 is 0 Å². The van der Waals surface area contributed by atoms with Crippen molar-refractivity contribution in [2.75, 3.05) is 0 Å². The summed E-state index contributed by atoms with van der Waals surface area (Å²) in [5, 5.41) is 0. The smallest absolute Gasteiger partial charge is 0.0292 e. The van der Waals surface area contributed by atoms with Crippen molar-refractivity contribution < 1.29 is 0 Å². The van der Waals surface area contributed by atoms with E-state index in [1.165, 1.54) is 6.42 Å². The third kappa shape index (κ3) is 4.40. The molecule has 0 aromatic heterocycles. The highest BCUT2D eigenvalue weighted by Crippen LogP contribution is 2.63. The minimum Gasteiger partial charge on any atom is -0.0649 e. The highest BCUT2D eigenvalue weighted by molar-refractivity contribution is 5.03. The van der Waals surface area contributed by atoms with Crippen LogP contribution in [0.4, 0.5) is 0 Å². The summed E-state index contributed by atoms with van der Waals surface area (Å²) in [6, 6.07) is 0. The Morgan fingerprint density at radius 3 is 1.06 bits per heavy atom. The van der Waals surface area contributed by atoms with Crippen molar-refractivity contribution in [2.24, 2.45) is 75.4 Å². The lowest BCUT2D eigenvalue weighted by molar-refractivity contribution is -0.0876. The first-order chi connectivity index (χ1) is 16.7. The third-order valence-corrected chi connectivity index (χ3v) is 14.5. The van der Waals surface area contributed by atoms with Gasteiger partial charge in [0.15, 0.2) is 0 Å². The van der Waals surface area contributed by atoms with Crippen LogP contribution in [0, 0.1) is 75.4 Å². The van der Waals surface area contributed by atoms with E-state index >= 15 is 0 Å². The second-order valence-corrected chi connectivity index (χ2v) is 17.6. The Morgan fingerprint density at radius 1 is 0.429 bits per heavy atom. The fourth-order valence-corrected chi connectivity index (χ4v) is 13.7. The molecule has 198 valence electrons. The molecule has 0 unspecified atom stereocenters. The summed E-state index contributed by atoms with van der Waals surface area (Å²) in [4.78, 5) is 0. The highest BCUT2D eigenvalue weighted by atomic mass is 14.6. The first kappa shape index (κ1) is 24.1. The van der Waals surface area contributed by atoms with E-state index in [0.29, 0.717) is 5.41 Å². The Kier molecular flexibility index (Phi) is 5.85. The van der Waals surface area contributed by atoms with E-state index in [2.05, 4.69) is 27.7 Å². The van der Waals surface area contributed by atoms with Crippen molar-refractivity contribution in [2.45, 2.75) is 143 Å². The summed E-state index contributed by atoms with van der Waals surface area (Å²) in [6.07, 6.45) is 28.4. The molecule has 12 saturated carbocycles. The minimum absolute atomic E-state index is 0.702. The van der Waals surface area contributed by atoms with Crippen LogP contribution in [0.1, 0.15) is 143 Å². The normalized spacial score (nSPS) is 56.9. The third-order valence-electron chi connectivity index (χ3n) is 14.5. The van der Waals surface area contributed by atoms with Crippen LogP contribution in [-0.2, 0) is 0 Å². The van der Waals surface area contributed by atoms with Gasteiger partial charge in [0.2, 0.25) is 0 Å². The number of hydrogen-bond acceptors (Lipinski definition) is 0. The SMILES string of the molecule is CC1(C)C2CC3CC(C2)CC1C3.CC12CC3CC(CC(C3)C1)C2.CCC12CC3CC(CC(C3)C1)C2. The molecule has 0 N–H and O–H groups in total. The van der Waals surface area contributed by atoms with Crippen LogP contribution in [-0.4, -0.2) is 0 Å². The van der Waals surface area contributed by atoms with Crippen LogP contribution in [0.5, 0.6) is 0 Å². The van der Waals surface area contributed by atoms with Gasteiger partial charge in [-0.1, -0.05) is 34.1 Å². The lowest BCUT2D eigenvalue weighted by atomic mass is 9.46. The maximum Gasteiger partial charge on any atom is -0.0292 e. The fraction of sp³-hybridized carbons (Fsp3) is 1.00. The first-order valence-electron chi connectivity index (χ1n) is 16.7. The van der Waals surface area contributed by atoms with Crippen LogP contribution in [0.15, 0.2) is 0 Å². The molecule has 0 aromatic carbocycles. The molecular formula is C35H58. The van der Waals surface area contributed by atoms with E-state index in [-0.39, 0.29) is 0 Å². The molecule has 12 fully saturated rings. The lowest BCUT2D eigenvalue weighted by Crippen LogP contribution is -2.49. The quantitative estimate of drug-likeness (QED) is 0.351. The zero-order valence-corrected chi connectivity index (χ0v) is 24.0. The Balaban J connectivity index is 0.0000000902. The van der Waals surface area contributed by atoms with Gasteiger partial charge in [-0.2, -0.15) is 0 Å². The van der Waals surface area contributed by atoms with Gasteiger partial charge in [-0.3, -0.25) is 0 Å². The average Bonchev–Trinajstić information content (AvgIpc) is 2.76. The van der Waals surface area contributed by atoms with Crippen molar-refractivity contribution in [1.29, 1.82) is 0 Å². The topological polar surface area (TPSA) is 0 Å². The van der Waals surface area contributed by atoms with Crippen LogP contribution < -0.4 is 0 Å². The maximum atomic E-state index is 2.54. The summed E-state index contributed by atoms with van der Waals surface area (Å²) in [7, 11) is 0. The van der Waals surface area contributed by atoms with Gasteiger partial charge in [0.25, 0.3) is 0 Å². The molecule has 12 aliphatic carbocycles. The molecule has 0 amide bonds. The van der Waals surface area contributed by atoms with E-state index in [9.17, 15) is 0 Å². The first-order valence-corrected chi connectivity index (χ1v) is 16.7. The van der Waals surface area contributed by atoms with Crippen LogP contribution >= 0.6 is 0 Å². The molecule has 0 atom stereocenters. The molecular weight excluding hydrogens is 420 g/mol. The maximum absolute atomic E-state index is 2.54. The van der Waals surface area contributed by atoms with Gasteiger partial charge < -0.3 is 0 Å². The molecule has 0 radical (unpaired) electrons. The summed E-state index contributed by atoms with van der Waals surface area (Å²) in [5.41, 5.74) is 2.34. The molecule has 0 heterocycles. The Hall–Kier alpha value is 0. The molecule has 0 heteroatoms. The summed E-state index contributed by atoms with van der Waals surface area (Å²) >= 11 is 0. The fourth-order valence-electron chi connectivity index (χ4n) is 13.7. The number of hydrogen-bond donors (Lipinski definition) is 0. The van der Waals surface area contributed by atoms with Gasteiger partial charge in [0, 0.05) is 0 Å². The van der Waals surface area contributed by atoms with Crippen molar-refractivity contribution in [3.05, 3.63) is 0 Å². The van der Waals surface area contributed by atoms with Gasteiger partial charge in [-0.15, -0.1) is 0 Å². The van der Waals surface area contributed by atoms with Gasteiger partial charge in [0.1, 0.15) is 0 Å². The van der Waals surface area contributed by atoms with E-state index in [1.54, 1.807) is 109 Å². The van der Waals surface area contributed by atoms with Crippen molar-refractivity contribution in [3.8, 4) is 0 Å². The Morgan fingerprint density at radius 2 is 0.743 bits per heavy atom. The summed E-state index contributed by atoms with van der Waals surface area (Å²) in [6.45, 7) is 10.0. The largest absolute Gasteiger partial charge is 0.0649 e. The standard InChI is InChI=1S/2C12H20.C11H18/c1-12(2)10-4-8-3-9(6-10)7-11(12)5-8;1-2-12-6-9-3-10(7-12)5-11(4-9)8-12;1-11-5-8-2-9(6-11)4-10(3-8)7-11/h8-11H,3-7H2,1-2H3;9-11H,2-8H2,1H3;8-10H,2-7H2,1H3. The van der Waals surface area contributed by atoms with Gasteiger partial charge in [-0.25, -0.2) is 0 Å². The Bertz CT molecular complexity index is 683. The van der Waals surface area contributed by atoms with Gasteiger partial charge >= 0.3 is 0 Å². The van der Waals surface area contributed by atoms with E-state index < -0.39 is 0 Å². The molecule has 12 aliphatic rings. The molecule has 0 aliphatic heterocycles. The summed E-state index contributed by atoms with van der Waals surface area (Å²) in [5.74, 6) is 11.3. The second kappa shape index (κ2) is 8.50. The molecule has 35 heavy (non-hydrogen) atoms. The number of rotatable bonds is 1. The molecule has 0 aromatic rings. The zero-order valence-electron chi connectivity index (χ0n) is 24.0. The zero-order chi connectivity index (χ0) is 24.0. The van der Waals surface area contributed by atoms with Crippen LogP contribution in [0.3, 0.4) is 0 Å². The Labute approximate surface area is 218 Å². The molecule has 0 spiro atoms. The predicted molar refractivity (Wildman–Crippen MR) is 148 cm³/mol. The van der Waals surface area contributed by atoms with Gasteiger partial charge in [0.05, 0.1) is 0 Å². The average molecular weight is 479 g/mol. The second-order valence-electron chi connectivity index (χ2n) is 17.6. The molecule has 12 rings (SSSR count). The monoisotopic (exact) mass is 478 g/mol.